The van der Waals surface area contributed by atoms with E-state index in [9.17, 15) is 14.4 Å². The van der Waals surface area contributed by atoms with Crippen molar-refractivity contribution in [2.24, 2.45) is 5.73 Å². The number of amides is 3. The maximum Gasteiger partial charge on any atom is 0.314 e. The molecule has 0 aliphatic carbocycles. The summed E-state index contributed by atoms with van der Waals surface area (Å²) in [6.45, 7) is 4.59. The molecule has 0 spiro atoms. The number of nitrogens with two attached hydrogens (primary N) is 1. The van der Waals surface area contributed by atoms with Crippen LogP contribution in [0.15, 0.2) is 42.5 Å². The summed E-state index contributed by atoms with van der Waals surface area (Å²) < 4.78 is 10.9. The summed E-state index contributed by atoms with van der Waals surface area (Å²) >= 11 is 0. The second-order valence-electron chi connectivity index (χ2n) is 5.38. The first-order chi connectivity index (χ1) is 12.9. The normalized spacial score (nSPS) is 10.0. The minimum absolute atomic E-state index is 0.301. The highest BCUT2D eigenvalue weighted by molar-refractivity contribution is 6.43. The second kappa shape index (κ2) is 9.23. The fraction of sp³-hybridized carbons (Fsp3) is 0.211. The van der Waals surface area contributed by atoms with Crippen LogP contribution in [-0.4, -0.2) is 30.9 Å². The standard InChI is InChI=1S/C19H21N3O5/c1-3-26-15-10-9-14(11-16(15)27-4-2)22-19(25)18(24)21-13-7-5-12(6-8-13)17(20)23/h5-11H,3-4H2,1-2H3,(H2,20,23)(H,21,24)(H,22,25). The number of benzene rings is 2. The van der Waals surface area contributed by atoms with Crippen LogP contribution in [0.4, 0.5) is 11.4 Å². The number of hydrogen-bond donors (Lipinski definition) is 3. The zero-order chi connectivity index (χ0) is 19.8. The molecule has 0 atom stereocenters. The Balaban J connectivity index is 2.04. The fourth-order valence-electron chi connectivity index (χ4n) is 2.22. The quantitative estimate of drug-likeness (QED) is 0.644. The van der Waals surface area contributed by atoms with Gasteiger partial charge >= 0.3 is 11.8 Å². The molecule has 3 amide bonds. The van der Waals surface area contributed by atoms with Crippen molar-refractivity contribution in [1.82, 2.24) is 0 Å². The lowest BCUT2D eigenvalue weighted by atomic mass is 10.2. The highest BCUT2D eigenvalue weighted by Gasteiger charge is 2.15. The van der Waals surface area contributed by atoms with Gasteiger partial charge in [-0.1, -0.05) is 0 Å². The maximum absolute atomic E-state index is 12.1. The molecule has 0 heterocycles. The number of carbonyl (C=O) groups excluding carboxylic acids is 3. The fourth-order valence-corrected chi connectivity index (χ4v) is 2.22. The number of nitrogens with one attached hydrogen (secondary N) is 2. The average molecular weight is 371 g/mol. The molecule has 0 saturated heterocycles. The first kappa shape index (κ1) is 19.8. The van der Waals surface area contributed by atoms with Gasteiger partial charge in [0.2, 0.25) is 5.91 Å². The van der Waals surface area contributed by atoms with Crippen molar-refractivity contribution in [2.45, 2.75) is 13.8 Å². The molecule has 2 rings (SSSR count). The molecule has 0 aliphatic heterocycles. The Morgan fingerprint density at radius 1 is 0.815 bits per heavy atom. The monoisotopic (exact) mass is 371 g/mol. The number of carbonyl (C=O) groups is 3. The highest BCUT2D eigenvalue weighted by Crippen LogP contribution is 2.30. The molecule has 0 aliphatic rings. The summed E-state index contributed by atoms with van der Waals surface area (Å²) in [6.07, 6.45) is 0. The number of hydrogen-bond acceptors (Lipinski definition) is 5. The third-order valence-corrected chi connectivity index (χ3v) is 3.43. The van der Waals surface area contributed by atoms with Crippen LogP contribution in [0.25, 0.3) is 0 Å². The van der Waals surface area contributed by atoms with Gasteiger partial charge < -0.3 is 25.8 Å². The molecule has 2 aromatic carbocycles. The van der Waals surface area contributed by atoms with Gasteiger partial charge in [-0.15, -0.1) is 0 Å². The molecule has 27 heavy (non-hydrogen) atoms. The largest absolute Gasteiger partial charge is 0.490 e. The van der Waals surface area contributed by atoms with Crippen LogP contribution in [-0.2, 0) is 9.59 Å². The van der Waals surface area contributed by atoms with Gasteiger partial charge in [0.05, 0.1) is 13.2 Å². The third kappa shape index (κ3) is 5.46. The Bertz CT molecular complexity index is 834. The smallest absolute Gasteiger partial charge is 0.314 e. The molecule has 4 N–H and O–H groups in total. The Morgan fingerprint density at radius 3 is 1.89 bits per heavy atom. The first-order valence-corrected chi connectivity index (χ1v) is 8.36. The molecule has 142 valence electrons. The van der Waals surface area contributed by atoms with Crippen LogP contribution in [0, 0.1) is 0 Å². The summed E-state index contributed by atoms with van der Waals surface area (Å²) in [5.41, 5.74) is 6.21. The van der Waals surface area contributed by atoms with E-state index < -0.39 is 17.7 Å². The molecule has 8 nitrogen and oxygen atoms in total. The van der Waals surface area contributed by atoms with Gasteiger partial charge in [-0.25, -0.2) is 0 Å². The van der Waals surface area contributed by atoms with Gasteiger partial charge in [-0.05, 0) is 50.2 Å². The van der Waals surface area contributed by atoms with Crippen LogP contribution in [0.5, 0.6) is 11.5 Å². The molecule has 8 heteroatoms. The average Bonchev–Trinajstić information content (AvgIpc) is 2.64. The van der Waals surface area contributed by atoms with Gasteiger partial charge in [0.1, 0.15) is 0 Å². The van der Waals surface area contributed by atoms with Gasteiger partial charge in [0.25, 0.3) is 0 Å². The minimum Gasteiger partial charge on any atom is -0.490 e. The molecule has 2 aromatic rings. The third-order valence-electron chi connectivity index (χ3n) is 3.43. The summed E-state index contributed by atoms with van der Waals surface area (Å²) in [5.74, 6) is -1.25. The van der Waals surface area contributed by atoms with E-state index in [-0.39, 0.29) is 0 Å². The number of ether oxygens (including phenoxy) is 2. The van der Waals surface area contributed by atoms with Gasteiger partial charge in [-0.3, -0.25) is 14.4 Å². The molecule has 0 saturated carbocycles. The van der Waals surface area contributed by atoms with Gasteiger partial charge in [0.15, 0.2) is 11.5 Å². The summed E-state index contributed by atoms with van der Waals surface area (Å²) in [7, 11) is 0. The van der Waals surface area contributed by atoms with E-state index in [0.717, 1.165) is 0 Å². The summed E-state index contributed by atoms with van der Waals surface area (Å²) in [6, 6.07) is 10.7. The predicted octanol–water partition coefficient (Wildman–Crippen LogP) is 2.16. The van der Waals surface area contributed by atoms with Crippen molar-refractivity contribution in [3.05, 3.63) is 48.0 Å². The van der Waals surface area contributed by atoms with E-state index in [1.165, 1.54) is 24.3 Å². The van der Waals surface area contributed by atoms with Gasteiger partial charge in [0, 0.05) is 23.0 Å². The molecule has 0 aromatic heterocycles. The van der Waals surface area contributed by atoms with Gasteiger partial charge in [-0.2, -0.15) is 0 Å². The zero-order valence-corrected chi connectivity index (χ0v) is 15.1. The highest BCUT2D eigenvalue weighted by atomic mass is 16.5. The van der Waals surface area contributed by atoms with Crippen LogP contribution >= 0.6 is 0 Å². The lowest BCUT2D eigenvalue weighted by molar-refractivity contribution is -0.132. The van der Waals surface area contributed by atoms with Crippen LogP contribution < -0.4 is 25.8 Å². The van der Waals surface area contributed by atoms with Crippen LogP contribution in [0.2, 0.25) is 0 Å². The van der Waals surface area contributed by atoms with E-state index in [1.807, 2.05) is 13.8 Å². The van der Waals surface area contributed by atoms with Crippen molar-refractivity contribution in [3.63, 3.8) is 0 Å². The van der Waals surface area contributed by atoms with Crippen molar-refractivity contribution in [1.29, 1.82) is 0 Å². The topological polar surface area (TPSA) is 120 Å². The molecular weight excluding hydrogens is 350 g/mol. The van der Waals surface area contributed by atoms with E-state index in [2.05, 4.69) is 10.6 Å². The van der Waals surface area contributed by atoms with E-state index in [0.29, 0.717) is 41.7 Å². The molecule has 0 bridgehead atoms. The molecular formula is C19H21N3O5. The second-order valence-corrected chi connectivity index (χ2v) is 5.38. The maximum atomic E-state index is 12.1. The molecule has 0 unspecified atom stereocenters. The zero-order valence-electron chi connectivity index (χ0n) is 15.1. The van der Waals surface area contributed by atoms with Crippen molar-refractivity contribution < 1.29 is 23.9 Å². The van der Waals surface area contributed by atoms with Crippen molar-refractivity contribution >= 4 is 29.1 Å². The van der Waals surface area contributed by atoms with E-state index >= 15 is 0 Å². The van der Waals surface area contributed by atoms with Crippen molar-refractivity contribution in [2.75, 3.05) is 23.8 Å². The van der Waals surface area contributed by atoms with Crippen LogP contribution in [0.3, 0.4) is 0 Å². The Labute approximate surface area is 156 Å². The lowest BCUT2D eigenvalue weighted by Crippen LogP contribution is -2.29. The molecule has 0 radical (unpaired) electrons. The number of rotatable bonds is 7. The lowest BCUT2D eigenvalue weighted by Gasteiger charge is -2.13. The van der Waals surface area contributed by atoms with Crippen molar-refractivity contribution in [3.8, 4) is 11.5 Å². The first-order valence-electron chi connectivity index (χ1n) is 8.36. The van der Waals surface area contributed by atoms with E-state index in [4.69, 9.17) is 15.2 Å². The Kier molecular flexibility index (Phi) is 6.76. The SMILES string of the molecule is CCOc1ccc(NC(=O)C(=O)Nc2ccc(C(N)=O)cc2)cc1OCC. The van der Waals surface area contributed by atoms with E-state index in [1.54, 1.807) is 18.2 Å². The predicted molar refractivity (Wildman–Crippen MR) is 101 cm³/mol. The summed E-state index contributed by atoms with van der Waals surface area (Å²) in [5, 5.41) is 4.94. The molecule has 0 fully saturated rings. The minimum atomic E-state index is -0.853. The summed E-state index contributed by atoms with van der Waals surface area (Å²) in [4.78, 5) is 35.2. The Hall–Kier alpha value is -3.55. The number of primary amides is 1. The Morgan fingerprint density at radius 2 is 1.33 bits per heavy atom. The van der Waals surface area contributed by atoms with Crippen LogP contribution in [0.1, 0.15) is 24.2 Å². The number of anilines is 2.